The fourth-order valence-electron chi connectivity index (χ4n) is 3.66. The number of benzene rings is 1. The molecule has 0 bridgehead atoms. The first kappa shape index (κ1) is 15.0. The van der Waals surface area contributed by atoms with Gasteiger partial charge in [-0.05, 0) is 43.0 Å². The van der Waals surface area contributed by atoms with Crippen molar-refractivity contribution >= 4 is 21.9 Å². The van der Waals surface area contributed by atoms with Gasteiger partial charge in [0.1, 0.15) is 0 Å². The zero-order valence-corrected chi connectivity index (χ0v) is 13.8. The number of aliphatic carboxylic acids is 1. The number of hydrogen-bond donors (Lipinski definition) is 1. The number of nitrogens with zero attached hydrogens (tertiary/aromatic N) is 2. The van der Waals surface area contributed by atoms with Crippen LogP contribution < -0.4 is 0 Å². The molecule has 1 aliphatic carbocycles. The highest BCUT2D eigenvalue weighted by molar-refractivity contribution is 9.10. The number of rotatable bonds is 3. The minimum absolute atomic E-state index is 0.156. The Morgan fingerprint density at radius 2 is 2.24 bits per heavy atom. The van der Waals surface area contributed by atoms with E-state index in [-0.39, 0.29) is 6.54 Å². The highest BCUT2D eigenvalue weighted by Crippen LogP contribution is 2.37. The first-order valence-electron chi connectivity index (χ1n) is 7.53. The first-order chi connectivity index (χ1) is 10.0. The average Bonchev–Trinajstić information content (AvgIpc) is 2.83. The molecule has 0 radical (unpaired) electrons. The van der Waals surface area contributed by atoms with Crippen LogP contribution in [0.25, 0.3) is 0 Å². The van der Waals surface area contributed by atoms with E-state index in [2.05, 4.69) is 50.9 Å². The number of carboxylic acid groups (broad SMARTS) is 1. The van der Waals surface area contributed by atoms with Crippen LogP contribution in [0.2, 0.25) is 0 Å². The smallest absolute Gasteiger partial charge is 0.317 e. The SMILES string of the molecule is C[C@@H]1CN(C2CCc3cc(Br)ccc32)CCN1CC(=O)O. The fourth-order valence-corrected chi connectivity index (χ4v) is 4.07. The molecule has 1 aromatic rings. The maximum absolute atomic E-state index is 10.9. The van der Waals surface area contributed by atoms with Crippen LogP contribution in [0.3, 0.4) is 0 Å². The molecule has 0 amide bonds. The maximum atomic E-state index is 10.9. The Balaban J connectivity index is 1.69. The van der Waals surface area contributed by atoms with Crippen LogP contribution >= 0.6 is 15.9 Å². The van der Waals surface area contributed by atoms with Crippen molar-refractivity contribution in [2.24, 2.45) is 0 Å². The molecule has 0 saturated carbocycles. The van der Waals surface area contributed by atoms with Crippen molar-refractivity contribution < 1.29 is 9.90 Å². The van der Waals surface area contributed by atoms with Crippen molar-refractivity contribution in [1.29, 1.82) is 0 Å². The summed E-state index contributed by atoms with van der Waals surface area (Å²) in [6, 6.07) is 7.41. The molecule has 1 saturated heterocycles. The van der Waals surface area contributed by atoms with E-state index >= 15 is 0 Å². The van der Waals surface area contributed by atoms with Gasteiger partial charge in [0.25, 0.3) is 0 Å². The number of carboxylic acids is 1. The van der Waals surface area contributed by atoms with E-state index in [0.717, 1.165) is 30.5 Å². The van der Waals surface area contributed by atoms with Crippen molar-refractivity contribution in [3.8, 4) is 0 Å². The van der Waals surface area contributed by atoms with Gasteiger partial charge in [0.15, 0.2) is 0 Å². The lowest BCUT2D eigenvalue weighted by atomic mass is 10.0. The largest absolute Gasteiger partial charge is 0.480 e. The van der Waals surface area contributed by atoms with Crippen molar-refractivity contribution in [3.05, 3.63) is 33.8 Å². The van der Waals surface area contributed by atoms with Gasteiger partial charge in [0, 0.05) is 36.2 Å². The maximum Gasteiger partial charge on any atom is 0.317 e. The molecular formula is C16H21BrN2O2. The van der Waals surface area contributed by atoms with Crippen LogP contribution in [-0.2, 0) is 11.2 Å². The Kier molecular flexibility index (Phi) is 4.33. The van der Waals surface area contributed by atoms with Crippen LogP contribution in [0.1, 0.15) is 30.5 Å². The molecule has 2 atom stereocenters. The van der Waals surface area contributed by atoms with Gasteiger partial charge in [-0.25, -0.2) is 0 Å². The molecule has 4 nitrogen and oxygen atoms in total. The normalized spacial score (nSPS) is 26.8. The summed E-state index contributed by atoms with van der Waals surface area (Å²) >= 11 is 3.55. The quantitative estimate of drug-likeness (QED) is 0.907. The standard InChI is InChI=1S/C16H21BrN2O2/c1-11-9-19(7-6-18(11)10-16(20)21)15-5-2-12-8-13(17)3-4-14(12)15/h3-4,8,11,15H,2,5-7,9-10H2,1H3,(H,20,21)/t11-,15?/m1/s1. The van der Waals surface area contributed by atoms with Gasteiger partial charge >= 0.3 is 5.97 Å². The van der Waals surface area contributed by atoms with Crippen molar-refractivity contribution in [2.75, 3.05) is 26.2 Å². The van der Waals surface area contributed by atoms with Crippen LogP contribution in [-0.4, -0.2) is 53.1 Å². The van der Waals surface area contributed by atoms with Gasteiger partial charge in [0.05, 0.1) is 6.54 Å². The summed E-state index contributed by atoms with van der Waals surface area (Å²) in [6.45, 7) is 5.04. The second-order valence-corrected chi connectivity index (χ2v) is 7.02. The minimum Gasteiger partial charge on any atom is -0.480 e. The zero-order valence-electron chi connectivity index (χ0n) is 12.3. The average molecular weight is 353 g/mol. The van der Waals surface area contributed by atoms with E-state index in [4.69, 9.17) is 5.11 Å². The molecule has 5 heteroatoms. The van der Waals surface area contributed by atoms with E-state index in [1.54, 1.807) is 0 Å². The lowest BCUT2D eigenvalue weighted by Crippen LogP contribution is -2.53. The molecule has 0 aromatic heterocycles. The van der Waals surface area contributed by atoms with E-state index in [0.29, 0.717) is 12.1 Å². The number of halogens is 1. The van der Waals surface area contributed by atoms with Crippen LogP contribution in [0, 0.1) is 0 Å². The molecule has 1 fully saturated rings. The Morgan fingerprint density at radius 1 is 1.43 bits per heavy atom. The van der Waals surface area contributed by atoms with Crippen LogP contribution in [0.15, 0.2) is 22.7 Å². The van der Waals surface area contributed by atoms with Crippen LogP contribution in [0.5, 0.6) is 0 Å². The molecular weight excluding hydrogens is 332 g/mol. The van der Waals surface area contributed by atoms with Gasteiger partial charge in [0.2, 0.25) is 0 Å². The minimum atomic E-state index is -0.730. The third-order valence-corrected chi connectivity index (χ3v) is 5.22. The van der Waals surface area contributed by atoms with Gasteiger partial charge in [-0.2, -0.15) is 0 Å². The van der Waals surface area contributed by atoms with Gasteiger partial charge in [-0.3, -0.25) is 14.6 Å². The molecule has 3 rings (SSSR count). The Bertz CT molecular complexity index is 549. The number of aryl methyl sites for hydroxylation is 1. The van der Waals surface area contributed by atoms with E-state index in [1.165, 1.54) is 17.5 Å². The predicted molar refractivity (Wildman–Crippen MR) is 85.4 cm³/mol. The third-order valence-electron chi connectivity index (χ3n) is 4.73. The molecule has 21 heavy (non-hydrogen) atoms. The molecule has 114 valence electrons. The second kappa shape index (κ2) is 6.07. The number of carbonyl (C=O) groups is 1. The highest BCUT2D eigenvalue weighted by atomic mass is 79.9. The molecule has 1 aliphatic heterocycles. The fraction of sp³-hybridized carbons (Fsp3) is 0.562. The highest BCUT2D eigenvalue weighted by Gasteiger charge is 2.33. The lowest BCUT2D eigenvalue weighted by Gasteiger charge is -2.42. The number of hydrogen-bond acceptors (Lipinski definition) is 3. The molecule has 2 aliphatic rings. The Labute approximate surface area is 133 Å². The number of fused-ring (bicyclic) bond motifs is 1. The predicted octanol–water partition coefficient (Wildman–Crippen LogP) is 2.53. The van der Waals surface area contributed by atoms with Gasteiger partial charge < -0.3 is 5.11 Å². The van der Waals surface area contributed by atoms with Crippen molar-refractivity contribution in [3.63, 3.8) is 0 Å². The van der Waals surface area contributed by atoms with Crippen molar-refractivity contribution in [2.45, 2.75) is 31.8 Å². The second-order valence-electron chi connectivity index (χ2n) is 6.11. The van der Waals surface area contributed by atoms with Gasteiger partial charge in [-0.15, -0.1) is 0 Å². The van der Waals surface area contributed by atoms with Gasteiger partial charge in [-0.1, -0.05) is 22.0 Å². The molecule has 1 N–H and O–H groups in total. The first-order valence-corrected chi connectivity index (χ1v) is 8.32. The van der Waals surface area contributed by atoms with Crippen LogP contribution in [0.4, 0.5) is 0 Å². The Hall–Kier alpha value is -0.910. The van der Waals surface area contributed by atoms with E-state index in [1.807, 2.05) is 0 Å². The molecule has 1 heterocycles. The summed E-state index contributed by atoms with van der Waals surface area (Å²) < 4.78 is 1.15. The monoisotopic (exact) mass is 352 g/mol. The molecule has 0 spiro atoms. The van der Waals surface area contributed by atoms with Crippen molar-refractivity contribution in [1.82, 2.24) is 9.80 Å². The lowest BCUT2D eigenvalue weighted by molar-refractivity contribution is -0.139. The molecule has 1 aromatic carbocycles. The Morgan fingerprint density at radius 3 is 2.95 bits per heavy atom. The summed E-state index contributed by atoms with van der Waals surface area (Å²) in [5.41, 5.74) is 2.91. The van der Waals surface area contributed by atoms with E-state index < -0.39 is 5.97 Å². The number of piperazine rings is 1. The van der Waals surface area contributed by atoms with E-state index in [9.17, 15) is 4.79 Å². The summed E-state index contributed by atoms with van der Waals surface area (Å²) in [7, 11) is 0. The zero-order chi connectivity index (χ0) is 15.0. The molecule has 1 unspecified atom stereocenters. The third kappa shape index (κ3) is 3.15. The topological polar surface area (TPSA) is 43.8 Å². The summed E-state index contributed by atoms with van der Waals surface area (Å²) in [5, 5.41) is 8.96. The summed E-state index contributed by atoms with van der Waals surface area (Å²) in [4.78, 5) is 15.5. The summed E-state index contributed by atoms with van der Waals surface area (Å²) in [5.74, 6) is -0.730. The summed E-state index contributed by atoms with van der Waals surface area (Å²) in [6.07, 6.45) is 2.32.